The number of nitrogens with zero attached hydrogens (tertiary/aromatic N) is 1. The summed E-state index contributed by atoms with van der Waals surface area (Å²) in [6.07, 6.45) is 2.36. The van der Waals surface area contributed by atoms with E-state index in [-0.39, 0.29) is 5.75 Å². The predicted molar refractivity (Wildman–Crippen MR) is 65.1 cm³/mol. The minimum absolute atomic E-state index is 0.247. The second kappa shape index (κ2) is 5.20. The minimum Gasteiger partial charge on any atom is -0.468 e. The molecule has 2 heterocycles. The first-order valence-corrected chi connectivity index (χ1v) is 7.60. The quantitative estimate of drug-likeness (QED) is 0.847. The van der Waals surface area contributed by atoms with Crippen LogP contribution in [0.15, 0.2) is 16.7 Å². The maximum Gasteiger partial charge on any atom is 0.151 e. The van der Waals surface area contributed by atoms with Gasteiger partial charge in [0.05, 0.1) is 24.3 Å². The Balaban J connectivity index is 1.95. The molecule has 0 spiro atoms. The molecule has 5 nitrogen and oxygen atoms in total. The highest BCUT2D eigenvalue weighted by atomic mass is 32.2. The van der Waals surface area contributed by atoms with Gasteiger partial charge >= 0.3 is 0 Å². The number of hydrogen-bond donors (Lipinski definition) is 1. The number of furan rings is 1. The van der Waals surface area contributed by atoms with E-state index in [9.17, 15) is 8.42 Å². The van der Waals surface area contributed by atoms with Gasteiger partial charge in [0.15, 0.2) is 9.84 Å². The first-order valence-electron chi connectivity index (χ1n) is 5.78. The smallest absolute Gasteiger partial charge is 0.151 e. The highest BCUT2D eigenvalue weighted by Crippen LogP contribution is 2.12. The van der Waals surface area contributed by atoms with Gasteiger partial charge in [-0.25, -0.2) is 8.42 Å². The average Bonchev–Trinajstić information content (AvgIpc) is 2.66. The highest BCUT2D eigenvalue weighted by Gasteiger charge is 2.19. The maximum absolute atomic E-state index is 11.5. The van der Waals surface area contributed by atoms with Crippen LogP contribution in [0.1, 0.15) is 17.7 Å². The summed E-state index contributed by atoms with van der Waals surface area (Å²) >= 11 is 0. The van der Waals surface area contributed by atoms with Crippen molar-refractivity contribution < 1.29 is 12.8 Å². The Labute approximate surface area is 101 Å². The van der Waals surface area contributed by atoms with Gasteiger partial charge in [-0.15, -0.1) is 0 Å². The second-order valence-electron chi connectivity index (χ2n) is 4.41. The van der Waals surface area contributed by atoms with Gasteiger partial charge < -0.3 is 10.2 Å². The molecule has 1 aliphatic heterocycles. The summed E-state index contributed by atoms with van der Waals surface area (Å²) in [5.41, 5.74) is 6.48. The third-order valence-corrected chi connectivity index (χ3v) is 4.69. The van der Waals surface area contributed by atoms with Crippen LogP contribution in [0.3, 0.4) is 0 Å². The van der Waals surface area contributed by atoms with E-state index in [1.807, 2.05) is 6.07 Å². The van der Waals surface area contributed by atoms with Crippen LogP contribution < -0.4 is 5.73 Å². The lowest BCUT2D eigenvalue weighted by atomic mass is 10.3. The van der Waals surface area contributed by atoms with Crippen molar-refractivity contribution in [2.24, 2.45) is 5.73 Å². The van der Waals surface area contributed by atoms with Crippen LogP contribution >= 0.6 is 0 Å². The van der Waals surface area contributed by atoms with Gasteiger partial charge in [-0.3, -0.25) is 4.90 Å². The topological polar surface area (TPSA) is 76.5 Å². The fourth-order valence-corrected chi connectivity index (χ4v) is 3.29. The van der Waals surface area contributed by atoms with E-state index in [1.54, 1.807) is 6.26 Å². The molecule has 17 heavy (non-hydrogen) atoms. The molecule has 0 unspecified atom stereocenters. The number of sulfone groups is 1. The molecule has 1 aromatic heterocycles. The van der Waals surface area contributed by atoms with E-state index in [0.717, 1.165) is 17.9 Å². The van der Waals surface area contributed by atoms with Crippen molar-refractivity contribution in [2.45, 2.75) is 19.5 Å². The van der Waals surface area contributed by atoms with Crippen LogP contribution in [0.5, 0.6) is 0 Å². The van der Waals surface area contributed by atoms with Gasteiger partial charge in [-0.05, 0) is 19.0 Å². The van der Waals surface area contributed by atoms with E-state index >= 15 is 0 Å². The lowest BCUT2D eigenvalue weighted by molar-refractivity contribution is 0.262. The van der Waals surface area contributed by atoms with Crippen LogP contribution in [0.25, 0.3) is 0 Å². The van der Waals surface area contributed by atoms with E-state index in [0.29, 0.717) is 31.8 Å². The molecule has 1 saturated heterocycles. The Morgan fingerprint density at radius 3 is 2.88 bits per heavy atom. The molecule has 0 saturated carbocycles. The molecule has 1 aliphatic rings. The molecule has 2 N–H and O–H groups in total. The van der Waals surface area contributed by atoms with Crippen molar-refractivity contribution in [3.05, 3.63) is 23.7 Å². The van der Waals surface area contributed by atoms with Gasteiger partial charge in [0.1, 0.15) is 5.76 Å². The molecule has 0 bridgehead atoms. The third kappa shape index (κ3) is 3.55. The molecule has 6 heteroatoms. The van der Waals surface area contributed by atoms with Crippen LogP contribution in [0, 0.1) is 0 Å². The molecule has 0 aliphatic carbocycles. The fraction of sp³-hybridized carbons (Fsp3) is 0.636. The van der Waals surface area contributed by atoms with Crippen molar-refractivity contribution in [3.63, 3.8) is 0 Å². The average molecular weight is 258 g/mol. The molecule has 0 atom stereocenters. The molecular formula is C11H18N2O3S. The zero-order valence-corrected chi connectivity index (χ0v) is 10.6. The predicted octanol–water partition coefficient (Wildman–Crippen LogP) is 0.359. The minimum atomic E-state index is -2.84. The Kier molecular flexibility index (Phi) is 3.86. The largest absolute Gasteiger partial charge is 0.468 e. The van der Waals surface area contributed by atoms with Gasteiger partial charge in [-0.2, -0.15) is 0 Å². The number of nitrogens with two attached hydrogens (primary N) is 1. The lowest BCUT2D eigenvalue weighted by Gasteiger charge is -2.17. The van der Waals surface area contributed by atoms with Crippen LogP contribution in [0.4, 0.5) is 0 Å². The van der Waals surface area contributed by atoms with Crippen LogP contribution in [0.2, 0.25) is 0 Å². The molecular weight excluding hydrogens is 240 g/mol. The summed E-state index contributed by atoms with van der Waals surface area (Å²) in [6, 6.07) is 1.93. The first-order chi connectivity index (χ1) is 8.09. The summed E-state index contributed by atoms with van der Waals surface area (Å²) in [4.78, 5) is 2.11. The van der Waals surface area contributed by atoms with Crippen molar-refractivity contribution in [2.75, 3.05) is 24.6 Å². The summed E-state index contributed by atoms with van der Waals surface area (Å²) in [5.74, 6) is 1.40. The zero-order chi connectivity index (χ0) is 12.3. The Bertz CT molecular complexity index is 467. The molecule has 0 radical (unpaired) electrons. The van der Waals surface area contributed by atoms with E-state index in [1.165, 1.54) is 0 Å². The molecule has 0 amide bonds. The van der Waals surface area contributed by atoms with Crippen LogP contribution in [-0.4, -0.2) is 37.9 Å². The third-order valence-electron chi connectivity index (χ3n) is 2.97. The van der Waals surface area contributed by atoms with E-state index < -0.39 is 9.84 Å². The summed E-state index contributed by atoms with van der Waals surface area (Å²) < 4.78 is 28.3. The molecule has 0 aromatic carbocycles. The Morgan fingerprint density at radius 1 is 1.35 bits per heavy atom. The SMILES string of the molecule is NCc1coc(CN2CCCS(=O)(=O)CC2)c1. The summed E-state index contributed by atoms with van der Waals surface area (Å²) in [5, 5.41) is 0. The standard InChI is InChI=1S/C11H18N2O3S/c12-7-10-6-11(16-9-10)8-13-2-1-4-17(14,15)5-3-13/h6,9H,1-5,7-8,12H2. The first kappa shape index (κ1) is 12.6. The van der Waals surface area contributed by atoms with E-state index in [2.05, 4.69) is 4.90 Å². The summed E-state index contributed by atoms with van der Waals surface area (Å²) in [6.45, 7) is 2.52. The Hall–Kier alpha value is -0.850. The fourth-order valence-electron chi connectivity index (χ4n) is 1.98. The second-order valence-corrected chi connectivity index (χ2v) is 6.71. The monoisotopic (exact) mass is 258 g/mol. The lowest BCUT2D eigenvalue weighted by Crippen LogP contribution is -2.26. The highest BCUT2D eigenvalue weighted by molar-refractivity contribution is 7.91. The van der Waals surface area contributed by atoms with Crippen LogP contribution in [-0.2, 0) is 22.9 Å². The van der Waals surface area contributed by atoms with Crippen molar-refractivity contribution in [3.8, 4) is 0 Å². The van der Waals surface area contributed by atoms with Gasteiger partial charge in [-0.1, -0.05) is 0 Å². The van der Waals surface area contributed by atoms with Gasteiger partial charge in [0, 0.05) is 18.7 Å². The van der Waals surface area contributed by atoms with E-state index in [4.69, 9.17) is 10.2 Å². The van der Waals surface area contributed by atoms with Crippen molar-refractivity contribution in [1.82, 2.24) is 4.90 Å². The molecule has 1 fully saturated rings. The van der Waals surface area contributed by atoms with Gasteiger partial charge in [0.2, 0.25) is 0 Å². The van der Waals surface area contributed by atoms with Gasteiger partial charge in [0.25, 0.3) is 0 Å². The zero-order valence-electron chi connectivity index (χ0n) is 9.76. The number of rotatable bonds is 3. The Morgan fingerprint density at radius 2 is 2.18 bits per heavy atom. The number of hydrogen-bond acceptors (Lipinski definition) is 5. The van der Waals surface area contributed by atoms with Crippen molar-refractivity contribution in [1.29, 1.82) is 0 Å². The maximum atomic E-state index is 11.5. The normalized spacial score (nSPS) is 21.2. The molecule has 96 valence electrons. The molecule has 2 rings (SSSR count). The molecule has 1 aromatic rings. The summed E-state index contributed by atoms with van der Waals surface area (Å²) in [7, 11) is -2.84. The van der Waals surface area contributed by atoms with Crippen molar-refractivity contribution >= 4 is 9.84 Å².